The van der Waals surface area contributed by atoms with Crippen molar-refractivity contribution in [3.8, 4) is 39.4 Å². The van der Waals surface area contributed by atoms with Gasteiger partial charge in [-0.15, -0.1) is 22.7 Å². The number of rotatable bonds is 3. The molecular weight excluding hydrogens is 523 g/mol. The van der Waals surface area contributed by atoms with Crippen LogP contribution in [-0.2, 0) is 0 Å². The fourth-order valence-corrected chi connectivity index (χ4v) is 8.21. The van der Waals surface area contributed by atoms with Crippen molar-refractivity contribution in [1.29, 1.82) is 5.26 Å². The summed E-state index contributed by atoms with van der Waals surface area (Å²) in [5.41, 5.74) is 7.39. The van der Waals surface area contributed by atoms with Crippen LogP contribution in [0.25, 0.3) is 73.7 Å². The molecule has 0 aliphatic carbocycles. The Hall–Kier alpha value is -4.75. The molecule has 0 atom stereocenters. The Bertz CT molecular complexity index is 2290. The molecule has 0 unspecified atom stereocenters. The van der Waals surface area contributed by atoms with Gasteiger partial charge < -0.3 is 0 Å². The topological polar surface area (TPSA) is 23.8 Å². The lowest BCUT2D eigenvalue weighted by Gasteiger charge is -2.17. The van der Waals surface area contributed by atoms with E-state index in [0.717, 1.165) is 22.3 Å². The average Bonchev–Trinajstić information content (AvgIpc) is 3.58. The Morgan fingerprint density at radius 3 is 1.65 bits per heavy atom. The molecule has 186 valence electrons. The molecule has 0 amide bonds. The van der Waals surface area contributed by atoms with Gasteiger partial charge in [-0.1, -0.05) is 97.1 Å². The molecule has 8 aromatic rings. The van der Waals surface area contributed by atoms with E-state index < -0.39 is 0 Å². The minimum atomic E-state index is 0.684. The summed E-state index contributed by atoms with van der Waals surface area (Å²) in [5, 5.41) is 15.2. The monoisotopic (exact) mass is 543 g/mol. The number of hydrogen-bond acceptors (Lipinski definition) is 3. The summed E-state index contributed by atoms with van der Waals surface area (Å²) >= 11 is 3.68. The molecule has 0 aliphatic heterocycles. The van der Waals surface area contributed by atoms with Crippen LogP contribution in [-0.4, -0.2) is 0 Å². The highest BCUT2D eigenvalue weighted by Crippen LogP contribution is 2.45. The number of benzene rings is 6. The van der Waals surface area contributed by atoms with E-state index in [1.54, 1.807) is 0 Å². The van der Waals surface area contributed by atoms with Gasteiger partial charge in [0.25, 0.3) is 0 Å². The van der Waals surface area contributed by atoms with Gasteiger partial charge in [0, 0.05) is 45.9 Å². The molecule has 0 spiro atoms. The number of thiophene rings is 2. The Morgan fingerprint density at radius 2 is 0.950 bits per heavy atom. The maximum Gasteiger partial charge on any atom is 0.0998 e. The summed E-state index contributed by atoms with van der Waals surface area (Å²) < 4.78 is 5.16. The average molecular weight is 544 g/mol. The van der Waals surface area contributed by atoms with Gasteiger partial charge in [-0.25, -0.2) is 0 Å². The highest BCUT2D eigenvalue weighted by molar-refractivity contribution is 7.26. The fourth-order valence-electron chi connectivity index (χ4n) is 5.92. The Labute approximate surface area is 239 Å². The van der Waals surface area contributed by atoms with Crippen LogP contribution in [0.1, 0.15) is 5.56 Å². The lowest BCUT2D eigenvalue weighted by atomic mass is 9.86. The maximum absolute atomic E-state index is 9.99. The van der Waals surface area contributed by atoms with Crippen molar-refractivity contribution < 1.29 is 0 Å². The summed E-state index contributed by atoms with van der Waals surface area (Å²) in [5.74, 6) is 0. The molecule has 3 heteroatoms. The molecule has 0 saturated heterocycles. The summed E-state index contributed by atoms with van der Waals surface area (Å²) in [7, 11) is 0. The van der Waals surface area contributed by atoms with Crippen molar-refractivity contribution in [2.75, 3.05) is 0 Å². The third-order valence-electron chi connectivity index (χ3n) is 7.76. The Balaban J connectivity index is 1.42. The summed E-state index contributed by atoms with van der Waals surface area (Å²) in [6.07, 6.45) is 0. The first-order chi connectivity index (χ1) is 19.8. The quantitative estimate of drug-likeness (QED) is 0.217. The van der Waals surface area contributed by atoms with E-state index in [1.807, 2.05) is 40.9 Å². The lowest BCUT2D eigenvalue weighted by molar-refractivity contribution is 1.48. The van der Waals surface area contributed by atoms with Gasteiger partial charge in [-0.05, 0) is 58.1 Å². The van der Waals surface area contributed by atoms with Gasteiger partial charge in [0.2, 0.25) is 0 Å². The molecule has 8 rings (SSSR count). The number of nitrogens with zero attached hydrogens (tertiary/aromatic N) is 1. The molecule has 0 radical (unpaired) electrons. The molecule has 0 fully saturated rings. The summed E-state index contributed by atoms with van der Waals surface area (Å²) in [4.78, 5) is 0. The third-order valence-corrected chi connectivity index (χ3v) is 10.0. The summed E-state index contributed by atoms with van der Waals surface area (Å²) in [6.45, 7) is 0. The SMILES string of the molecule is N#Cc1ccccc1-c1cccc(-c2ccc3c(c2)sc2ccccc23)c1-c1ccc2c(c1)sc1ccccc12. The van der Waals surface area contributed by atoms with Crippen LogP contribution < -0.4 is 0 Å². The van der Waals surface area contributed by atoms with Crippen molar-refractivity contribution in [3.05, 3.63) is 133 Å². The van der Waals surface area contributed by atoms with Gasteiger partial charge in [0.05, 0.1) is 11.6 Å². The molecular formula is C37H21NS2. The molecule has 2 heterocycles. The molecule has 40 heavy (non-hydrogen) atoms. The van der Waals surface area contributed by atoms with Gasteiger partial charge in [-0.3, -0.25) is 0 Å². The van der Waals surface area contributed by atoms with Crippen LogP contribution in [0.4, 0.5) is 0 Å². The predicted octanol–water partition coefficient (Wildman–Crippen LogP) is 11.3. The lowest BCUT2D eigenvalue weighted by Crippen LogP contribution is -1.92. The minimum Gasteiger partial charge on any atom is -0.192 e. The fraction of sp³-hybridized carbons (Fsp3) is 0. The zero-order valence-corrected chi connectivity index (χ0v) is 23.0. The van der Waals surface area contributed by atoms with E-state index in [0.29, 0.717) is 5.56 Å². The van der Waals surface area contributed by atoms with E-state index in [1.165, 1.54) is 51.5 Å². The number of nitriles is 1. The molecule has 6 aromatic carbocycles. The van der Waals surface area contributed by atoms with Crippen LogP contribution in [0, 0.1) is 11.3 Å². The molecule has 0 bridgehead atoms. The van der Waals surface area contributed by atoms with E-state index in [2.05, 4.69) is 115 Å². The van der Waals surface area contributed by atoms with Crippen LogP contribution in [0.5, 0.6) is 0 Å². The second-order valence-electron chi connectivity index (χ2n) is 10.0. The molecule has 0 N–H and O–H groups in total. The first-order valence-electron chi connectivity index (χ1n) is 13.2. The minimum absolute atomic E-state index is 0.684. The highest BCUT2D eigenvalue weighted by atomic mass is 32.1. The Morgan fingerprint density at radius 1 is 0.425 bits per heavy atom. The number of fused-ring (bicyclic) bond motifs is 6. The predicted molar refractivity (Wildman–Crippen MR) is 173 cm³/mol. The smallest absolute Gasteiger partial charge is 0.0998 e. The van der Waals surface area contributed by atoms with Crippen molar-refractivity contribution >= 4 is 63.0 Å². The van der Waals surface area contributed by atoms with Crippen LogP contribution in [0.3, 0.4) is 0 Å². The van der Waals surface area contributed by atoms with Crippen LogP contribution in [0.2, 0.25) is 0 Å². The van der Waals surface area contributed by atoms with Gasteiger partial charge in [0.15, 0.2) is 0 Å². The van der Waals surface area contributed by atoms with Crippen LogP contribution in [0.15, 0.2) is 127 Å². The normalized spacial score (nSPS) is 11.5. The standard InChI is InChI=1S/C37H21NS2/c38-22-25-8-1-2-9-26(25)32-13-7-12-27(23-16-18-30-28-10-3-5-14-33(28)39-35(30)20-23)37(32)24-17-19-31-29-11-4-6-15-34(29)40-36(31)21-24/h1-21H. The zero-order valence-electron chi connectivity index (χ0n) is 21.4. The zero-order chi connectivity index (χ0) is 26.6. The van der Waals surface area contributed by atoms with Crippen LogP contribution >= 0.6 is 22.7 Å². The second kappa shape index (κ2) is 9.17. The first kappa shape index (κ1) is 23.2. The second-order valence-corrected chi connectivity index (χ2v) is 12.2. The third kappa shape index (κ3) is 3.58. The number of hydrogen-bond donors (Lipinski definition) is 0. The molecule has 0 saturated carbocycles. The van der Waals surface area contributed by atoms with E-state index in [9.17, 15) is 5.26 Å². The maximum atomic E-state index is 9.99. The first-order valence-corrected chi connectivity index (χ1v) is 14.9. The highest BCUT2D eigenvalue weighted by Gasteiger charge is 2.18. The Kier molecular flexibility index (Phi) is 5.31. The van der Waals surface area contributed by atoms with Gasteiger partial charge >= 0.3 is 0 Å². The molecule has 1 nitrogen and oxygen atoms in total. The van der Waals surface area contributed by atoms with E-state index >= 15 is 0 Å². The van der Waals surface area contributed by atoms with Crippen molar-refractivity contribution in [3.63, 3.8) is 0 Å². The molecule has 0 aliphatic rings. The van der Waals surface area contributed by atoms with Crippen molar-refractivity contribution in [2.45, 2.75) is 0 Å². The summed E-state index contributed by atoms with van der Waals surface area (Å²) in [6, 6.07) is 47.8. The van der Waals surface area contributed by atoms with Crippen molar-refractivity contribution in [2.24, 2.45) is 0 Å². The molecule has 2 aromatic heterocycles. The van der Waals surface area contributed by atoms with Gasteiger partial charge in [0.1, 0.15) is 0 Å². The van der Waals surface area contributed by atoms with E-state index in [4.69, 9.17) is 0 Å². The van der Waals surface area contributed by atoms with E-state index in [-0.39, 0.29) is 0 Å². The largest absolute Gasteiger partial charge is 0.192 e. The van der Waals surface area contributed by atoms with Crippen molar-refractivity contribution in [1.82, 2.24) is 0 Å². The van der Waals surface area contributed by atoms with Gasteiger partial charge in [-0.2, -0.15) is 5.26 Å².